The highest BCUT2D eigenvalue weighted by molar-refractivity contribution is 14.1. The lowest BCUT2D eigenvalue weighted by Gasteiger charge is -2.11. The lowest BCUT2D eigenvalue weighted by molar-refractivity contribution is 0.479. The second kappa shape index (κ2) is 6.33. The third-order valence-corrected chi connectivity index (χ3v) is 6.44. The molecule has 120 valence electrons. The number of nitrogens with one attached hydrogen (secondary N) is 1. The molecule has 1 aromatic rings. The van der Waals surface area contributed by atoms with Crippen molar-refractivity contribution >= 4 is 58.5 Å². The summed E-state index contributed by atoms with van der Waals surface area (Å²) in [5.41, 5.74) is -0.669. The van der Waals surface area contributed by atoms with Crippen molar-refractivity contribution in [2.45, 2.75) is 9.79 Å². The van der Waals surface area contributed by atoms with Gasteiger partial charge in [-0.05, 0) is 18.2 Å². The second-order valence-corrected chi connectivity index (χ2v) is 9.45. The number of anilines is 1. The maximum atomic E-state index is 11.6. The highest BCUT2D eigenvalue weighted by atomic mass is 127. The van der Waals surface area contributed by atoms with Crippen LogP contribution in [0.2, 0.25) is 0 Å². The van der Waals surface area contributed by atoms with Crippen LogP contribution >= 0.6 is 22.6 Å². The van der Waals surface area contributed by atoms with Crippen LogP contribution in [-0.2, 0) is 30.3 Å². The Hall–Kier alpha value is -0.480. The molecule has 0 heterocycles. The number of rotatable bonds is 6. The van der Waals surface area contributed by atoms with Crippen molar-refractivity contribution < 1.29 is 34.4 Å². The topological polar surface area (TPSA) is 155 Å². The van der Waals surface area contributed by atoms with Gasteiger partial charge >= 0.3 is 0 Å². The molecular formula is C8H10INO8S3. The SMILES string of the molecule is O=S(=O)(CCI)Nc1cc(S(=O)(=O)O)ccc1S(=O)(=O)O. The predicted octanol–water partition coefficient (Wildman–Crippen LogP) is 0.357. The molecule has 0 aromatic heterocycles. The first-order chi connectivity index (χ1) is 9.37. The molecule has 0 fully saturated rings. The van der Waals surface area contributed by atoms with E-state index in [4.69, 9.17) is 9.11 Å². The van der Waals surface area contributed by atoms with E-state index < -0.39 is 45.7 Å². The van der Waals surface area contributed by atoms with E-state index in [-0.39, 0.29) is 10.2 Å². The first kappa shape index (κ1) is 18.6. The maximum absolute atomic E-state index is 11.6. The number of sulfonamides is 1. The van der Waals surface area contributed by atoms with Gasteiger partial charge in [-0.1, -0.05) is 22.6 Å². The van der Waals surface area contributed by atoms with E-state index in [0.717, 1.165) is 0 Å². The van der Waals surface area contributed by atoms with Crippen LogP contribution < -0.4 is 4.72 Å². The summed E-state index contributed by atoms with van der Waals surface area (Å²) in [6, 6.07) is 1.98. The number of hydrogen-bond acceptors (Lipinski definition) is 6. The summed E-state index contributed by atoms with van der Waals surface area (Å²) < 4.78 is 87.6. The Kier molecular flexibility index (Phi) is 5.60. The smallest absolute Gasteiger partial charge is 0.282 e. The van der Waals surface area contributed by atoms with Gasteiger partial charge in [0.05, 0.1) is 16.3 Å². The zero-order valence-corrected chi connectivity index (χ0v) is 14.7. The zero-order chi connectivity index (χ0) is 16.5. The van der Waals surface area contributed by atoms with Gasteiger partial charge < -0.3 is 0 Å². The van der Waals surface area contributed by atoms with Crippen molar-refractivity contribution in [1.29, 1.82) is 0 Å². The van der Waals surface area contributed by atoms with Crippen LogP contribution in [0.3, 0.4) is 0 Å². The monoisotopic (exact) mass is 471 g/mol. The van der Waals surface area contributed by atoms with Gasteiger partial charge in [-0.3, -0.25) is 13.8 Å². The molecule has 0 atom stereocenters. The molecule has 0 saturated carbocycles. The molecule has 21 heavy (non-hydrogen) atoms. The molecule has 0 aliphatic carbocycles. The van der Waals surface area contributed by atoms with Gasteiger partial charge in [-0.15, -0.1) is 0 Å². The van der Waals surface area contributed by atoms with E-state index in [0.29, 0.717) is 18.2 Å². The minimum Gasteiger partial charge on any atom is -0.282 e. The minimum atomic E-state index is -4.79. The molecule has 13 heteroatoms. The van der Waals surface area contributed by atoms with Gasteiger partial charge in [-0.2, -0.15) is 16.8 Å². The van der Waals surface area contributed by atoms with Crippen molar-refractivity contribution in [3.63, 3.8) is 0 Å². The molecule has 3 N–H and O–H groups in total. The Bertz CT molecular complexity index is 844. The summed E-state index contributed by atoms with van der Waals surface area (Å²) in [5, 5.41) is 0. The van der Waals surface area contributed by atoms with Gasteiger partial charge in [0.25, 0.3) is 20.2 Å². The van der Waals surface area contributed by atoms with Crippen LogP contribution in [-0.4, -0.2) is 44.5 Å². The number of halogens is 1. The standard InChI is InChI=1S/C8H10INO8S3/c9-3-4-19(11,12)10-7-5-6(20(13,14)15)1-2-8(7)21(16,17)18/h1-2,5,10H,3-4H2,(H,13,14,15)(H,16,17,18). The quantitative estimate of drug-likeness (QED) is 0.305. The van der Waals surface area contributed by atoms with Gasteiger partial charge in [0, 0.05) is 4.43 Å². The Labute approximate surface area is 135 Å². The summed E-state index contributed by atoms with van der Waals surface area (Å²) in [5.74, 6) is -0.353. The van der Waals surface area contributed by atoms with E-state index >= 15 is 0 Å². The fourth-order valence-electron chi connectivity index (χ4n) is 1.29. The normalized spacial score (nSPS) is 13.1. The highest BCUT2D eigenvalue weighted by Crippen LogP contribution is 2.26. The molecule has 0 radical (unpaired) electrons. The average Bonchev–Trinajstić information content (AvgIpc) is 2.25. The molecule has 0 unspecified atom stereocenters. The van der Waals surface area contributed by atoms with Crippen LogP contribution in [0.25, 0.3) is 0 Å². The lowest BCUT2D eigenvalue weighted by Crippen LogP contribution is -2.19. The van der Waals surface area contributed by atoms with Crippen LogP contribution in [0.1, 0.15) is 0 Å². The van der Waals surface area contributed by atoms with E-state index in [2.05, 4.69) is 0 Å². The molecule has 0 spiro atoms. The fraction of sp³-hybridized carbons (Fsp3) is 0.250. The van der Waals surface area contributed by atoms with Crippen molar-refractivity contribution in [2.75, 3.05) is 14.9 Å². The average molecular weight is 471 g/mol. The first-order valence-corrected chi connectivity index (χ1v) is 11.1. The summed E-state index contributed by atoms with van der Waals surface area (Å²) in [6.07, 6.45) is 0. The van der Waals surface area contributed by atoms with Gasteiger partial charge in [0.15, 0.2) is 0 Å². The van der Waals surface area contributed by atoms with Gasteiger partial charge in [-0.25, -0.2) is 8.42 Å². The van der Waals surface area contributed by atoms with Crippen LogP contribution in [0.5, 0.6) is 0 Å². The summed E-state index contributed by atoms with van der Waals surface area (Å²) in [4.78, 5) is -1.55. The van der Waals surface area contributed by atoms with Crippen molar-refractivity contribution in [1.82, 2.24) is 0 Å². The van der Waals surface area contributed by atoms with E-state index in [1.165, 1.54) is 0 Å². The molecule has 0 amide bonds. The van der Waals surface area contributed by atoms with Crippen molar-refractivity contribution in [2.24, 2.45) is 0 Å². The fourth-order valence-corrected chi connectivity index (χ4v) is 5.04. The summed E-state index contributed by atoms with van der Waals surface area (Å²) >= 11 is 1.78. The van der Waals surface area contributed by atoms with Crippen LogP contribution in [0.15, 0.2) is 28.0 Å². The summed E-state index contributed by atoms with van der Waals surface area (Å²) in [6.45, 7) is 0. The van der Waals surface area contributed by atoms with Crippen molar-refractivity contribution in [3.05, 3.63) is 18.2 Å². The molecule has 1 rings (SSSR count). The molecule has 0 saturated heterocycles. The molecule has 0 aliphatic rings. The van der Waals surface area contributed by atoms with Crippen molar-refractivity contribution in [3.8, 4) is 0 Å². The minimum absolute atomic E-state index is 0.201. The Morgan fingerprint density at radius 3 is 2.00 bits per heavy atom. The van der Waals surface area contributed by atoms with Crippen LogP contribution in [0, 0.1) is 0 Å². The molecule has 0 bridgehead atoms. The molecular weight excluding hydrogens is 461 g/mol. The Morgan fingerprint density at radius 1 is 1.00 bits per heavy atom. The predicted molar refractivity (Wildman–Crippen MR) is 82.4 cm³/mol. The molecule has 9 nitrogen and oxygen atoms in total. The number of alkyl halides is 1. The highest BCUT2D eigenvalue weighted by Gasteiger charge is 2.22. The third-order valence-electron chi connectivity index (χ3n) is 2.14. The lowest BCUT2D eigenvalue weighted by atomic mass is 10.3. The van der Waals surface area contributed by atoms with Gasteiger partial charge in [0.2, 0.25) is 10.0 Å². The largest absolute Gasteiger partial charge is 0.296 e. The second-order valence-electron chi connectivity index (χ2n) is 3.72. The third kappa shape index (κ3) is 5.33. The number of hydrogen-bond donors (Lipinski definition) is 3. The number of benzene rings is 1. The van der Waals surface area contributed by atoms with Gasteiger partial charge in [0.1, 0.15) is 4.90 Å². The van der Waals surface area contributed by atoms with E-state index in [1.807, 2.05) is 4.72 Å². The van der Waals surface area contributed by atoms with Crippen LogP contribution in [0.4, 0.5) is 5.69 Å². The maximum Gasteiger partial charge on any atom is 0.296 e. The summed E-state index contributed by atoms with van der Waals surface area (Å²) in [7, 11) is -13.4. The zero-order valence-electron chi connectivity index (χ0n) is 10.1. The first-order valence-electron chi connectivity index (χ1n) is 5.02. The van der Waals surface area contributed by atoms with E-state index in [1.54, 1.807) is 22.6 Å². The molecule has 0 aliphatic heterocycles. The van der Waals surface area contributed by atoms with E-state index in [9.17, 15) is 25.3 Å². The molecule has 1 aromatic carbocycles. The Balaban J connectivity index is 3.52. The Morgan fingerprint density at radius 2 is 1.57 bits per heavy atom.